The summed E-state index contributed by atoms with van der Waals surface area (Å²) < 4.78 is 0. The van der Waals surface area contributed by atoms with Gasteiger partial charge in [0.2, 0.25) is 0 Å². The van der Waals surface area contributed by atoms with Crippen molar-refractivity contribution in [3.05, 3.63) is 12.2 Å². The molecular weight excluding hydrogens is 114 g/mol. The molecule has 1 aliphatic rings. The van der Waals surface area contributed by atoms with Crippen LogP contribution in [-0.2, 0) is 0 Å². The van der Waals surface area contributed by atoms with Crippen LogP contribution in [0.25, 0.3) is 0 Å². The zero-order valence-corrected chi connectivity index (χ0v) is 5.46. The molecule has 0 aliphatic heterocycles. The molecule has 0 amide bonds. The van der Waals surface area contributed by atoms with E-state index in [0.29, 0.717) is 12.5 Å². The lowest BCUT2D eigenvalue weighted by Crippen LogP contribution is -2.28. The van der Waals surface area contributed by atoms with Crippen LogP contribution < -0.4 is 5.73 Å². The van der Waals surface area contributed by atoms with Gasteiger partial charge in [-0.3, -0.25) is 0 Å². The number of hydrogen-bond acceptors (Lipinski definition) is 2. The van der Waals surface area contributed by atoms with E-state index in [2.05, 4.69) is 6.08 Å². The van der Waals surface area contributed by atoms with Crippen LogP contribution >= 0.6 is 0 Å². The molecule has 52 valence electrons. The summed E-state index contributed by atoms with van der Waals surface area (Å²) in [6.07, 6.45) is 5.63. The van der Waals surface area contributed by atoms with Crippen molar-refractivity contribution < 1.29 is 5.11 Å². The van der Waals surface area contributed by atoms with Crippen molar-refractivity contribution in [3.8, 4) is 0 Å². The fourth-order valence-electron chi connectivity index (χ4n) is 1.11. The molecule has 2 nitrogen and oxygen atoms in total. The van der Waals surface area contributed by atoms with E-state index in [1.54, 1.807) is 0 Å². The van der Waals surface area contributed by atoms with E-state index >= 15 is 0 Å². The lowest BCUT2D eigenvalue weighted by molar-refractivity contribution is 0.110. The highest BCUT2D eigenvalue weighted by atomic mass is 16.3. The first-order chi connectivity index (χ1) is 4.34. The van der Waals surface area contributed by atoms with Gasteiger partial charge in [-0.25, -0.2) is 0 Å². The van der Waals surface area contributed by atoms with Gasteiger partial charge in [0.25, 0.3) is 0 Å². The standard InChI is InChI=1S/C7H13NO/c8-5-6-3-1-2-4-7(6)9/h1-2,6-7,9H,3-5,8H2/t6-,7-/m0/s1. The molecule has 3 N–H and O–H groups in total. The van der Waals surface area contributed by atoms with Crippen LogP contribution in [0.4, 0.5) is 0 Å². The van der Waals surface area contributed by atoms with Crippen molar-refractivity contribution in [1.82, 2.24) is 0 Å². The average Bonchev–Trinajstić information content (AvgIpc) is 1.89. The van der Waals surface area contributed by atoms with Gasteiger partial charge < -0.3 is 10.8 Å². The quantitative estimate of drug-likeness (QED) is 0.497. The van der Waals surface area contributed by atoms with Gasteiger partial charge in [0.1, 0.15) is 0 Å². The largest absolute Gasteiger partial charge is 0.392 e. The van der Waals surface area contributed by atoms with Crippen molar-refractivity contribution in [2.75, 3.05) is 6.54 Å². The summed E-state index contributed by atoms with van der Waals surface area (Å²) in [5.41, 5.74) is 5.40. The summed E-state index contributed by atoms with van der Waals surface area (Å²) >= 11 is 0. The second-order valence-electron chi connectivity index (χ2n) is 2.51. The van der Waals surface area contributed by atoms with E-state index in [1.807, 2.05) is 6.08 Å². The predicted molar refractivity (Wildman–Crippen MR) is 36.9 cm³/mol. The Morgan fingerprint density at radius 1 is 1.44 bits per heavy atom. The lowest BCUT2D eigenvalue weighted by atomic mass is 9.92. The van der Waals surface area contributed by atoms with E-state index < -0.39 is 0 Å². The summed E-state index contributed by atoms with van der Waals surface area (Å²) in [5, 5.41) is 9.24. The Balaban J connectivity index is 2.43. The molecule has 0 radical (unpaired) electrons. The Bertz CT molecular complexity index is 111. The van der Waals surface area contributed by atoms with E-state index in [1.165, 1.54) is 0 Å². The van der Waals surface area contributed by atoms with Crippen LogP contribution in [0, 0.1) is 5.92 Å². The first kappa shape index (κ1) is 6.78. The molecule has 0 fully saturated rings. The molecule has 1 aliphatic carbocycles. The summed E-state index contributed by atoms with van der Waals surface area (Å²) in [6, 6.07) is 0. The SMILES string of the molecule is NC[C@@H]1CC=CC[C@@H]1O. The normalized spacial score (nSPS) is 34.9. The third kappa shape index (κ3) is 1.53. The molecule has 0 aromatic rings. The summed E-state index contributed by atoms with van der Waals surface area (Å²) in [4.78, 5) is 0. The lowest BCUT2D eigenvalue weighted by Gasteiger charge is -2.21. The van der Waals surface area contributed by atoms with Gasteiger partial charge in [0.15, 0.2) is 0 Å². The highest BCUT2D eigenvalue weighted by Gasteiger charge is 2.17. The van der Waals surface area contributed by atoms with Crippen LogP contribution in [0.5, 0.6) is 0 Å². The Hall–Kier alpha value is -0.340. The van der Waals surface area contributed by atoms with Crippen LogP contribution in [0.2, 0.25) is 0 Å². The number of aliphatic hydroxyl groups is 1. The summed E-state index contributed by atoms with van der Waals surface area (Å²) in [6.45, 7) is 0.603. The average molecular weight is 127 g/mol. The van der Waals surface area contributed by atoms with Gasteiger partial charge in [0.05, 0.1) is 6.10 Å². The first-order valence-corrected chi connectivity index (χ1v) is 3.37. The van der Waals surface area contributed by atoms with Crippen molar-refractivity contribution >= 4 is 0 Å². The molecule has 0 saturated heterocycles. The Morgan fingerprint density at radius 3 is 2.56 bits per heavy atom. The van der Waals surface area contributed by atoms with E-state index in [0.717, 1.165) is 12.8 Å². The van der Waals surface area contributed by atoms with Gasteiger partial charge in [-0.1, -0.05) is 12.2 Å². The van der Waals surface area contributed by atoms with Crippen molar-refractivity contribution in [1.29, 1.82) is 0 Å². The molecule has 0 aromatic heterocycles. The van der Waals surface area contributed by atoms with Gasteiger partial charge in [-0.15, -0.1) is 0 Å². The smallest absolute Gasteiger partial charge is 0.0617 e. The van der Waals surface area contributed by atoms with Crippen molar-refractivity contribution in [3.63, 3.8) is 0 Å². The fourth-order valence-corrected chi connectivity index (χ4v) is 1.11. The van der Waals surface area contributed by atoms with Crippen LogP contribution in [0.15, 0.2) is 12.2 Å². The topological polar surface area (TPSA) is 46.2 Å². The van der Waals surface area contributed by atoms with E-state index in [9.17, 15) is 5.11 Å². The number of rotatable bonds is 1. The molecule has 0 spiro atoms. The zero-order chi connectivity index (χ0) is 6.69. The molecular formula is C7H13NO. The van der Waals surface area contributed by atoms with Gasteiger partial charge in [0, 0.05) is 5.92 Å². The second kappa shape index (κ2) is 2.99. The number of allylic oxidation sites excluding steroid dienone is 1. The predicted octanol–water partition coefficient (Wildman–Crippen LogP) is 0.272. The molecule has 0 saturated carbocycles. The summed E-state index contributed by atoms with van der Waals surface area (Å²) in [5.74, 6) is 0.301. The third-order valence-corrected chi connectivity index (χ3v) is 1.83. The molecule has 9 heavy (non-hydrogen) atoms. The van der Waals surface area contributed by atoms with Gasteiger partial charge in [-0.05, 0) is 19.4 Å². The van der Waals surface area contributed by atoms with Crippen molar-refractivity contribution in [2.45, 2.75) is 18.9 Å². The van der Waals surface area contributed by atoms with E-state index in [4.69, 9.17) is 5.73 Å². The Labute approximate surface area is 55.4 Å². The van der Waals surface area contributed by atoms with Gasteiger partial charge >= 0.3 is 0 Å². The maximum absolute atomic E-state index is 9.24. The van der Waals surface area contributed by atoms with Crippen LogP contribution in [-0.4, -0.2) is 17.8 Å². The molecule has 1 rings (SSSR count). The molecule has 0 heterocycles. The van der Waals surface area contributed by atoms with Crippen LogP contribution in [0.3, 0.4) is 0 Å². The fraction of sp³-hybridized carbons (Fsp3) is 0.714. The minimum Gasteiger partial charge on any atom is -0.392 e. The zero-order valence-electron chi connectivity index (χ0n) is 5.46. The first-order valence-electron chi connectivity index (χ1n) is 3.37. The maximum atomic E-state index is 9.24. The molecule has 2 atom stereocenters. The highest BCUT2D eigenvalue weighted by molar-refractivity contribution is 4.94. The van der Waals surface area contributed by atoms with Gasteiger partial charge in [-0.2, -0.15) is 0 Å². The third-order valence-electron chi connectivity index (χ3n) is 1.83. The monoisotopic (exact) mass is 127 g/mol. The van der Waals surface area contributed by atoms with Crippen LogP contribution in [0.1, 0.15) is 12.8 Å². The molecule has 0 unspecified atom stereocenters. The number of nitrogens with two attached hydrogens (primary N) is 1. The Morgan fingerprint density at radius 2 is 2.11 bits per heavy atom. The number of hydrogen-bond donors (Lipinski definition) is 2. The summed E-state index contributed by atoms with van der Waals surface area (Å²) in [7, 11) is 0. The minimum atomic E-state index is -0.194. The van der Waals surface area contributed by atoms with Crippen molar-refractivity contribution in [2.24, 2.45) is 11.7 Å². The molecule has 0 aromatic carbocycles. The van der Waals surface area contributed by atoms with E-state index in [-0.39, 0.29) is 6.10 Å². The molecule has 2 heteroatoms. The second-order valence-corrected chi connectivity index (χ2v) is 2.51. The molecule has 0 bridgehead atoms. The highest BCUT2D eigenvalue weighted by Crippen LogP contribution is 2.16. The number of aliphatic hydroxyl groups excluding tert-OH is 1. The maximum Gasteiger partial charge on any atom is 0.0617 e. The Kier molecular flexibility index (Phi) is 2.25. The minimum absolute atomic E-state index is 0.194.